The molecular formula is C23H17ClFN5O3. The van der Waals surface area contributed by atoms with Crippen LogP contribution in [0.2, 0.25) is 5.02 Å². The number of alkyl halides is 1. The Kier molecular flexibility index (Phi) is 5.85. The van der Waals surface area contributed by atoms with Crippen LogP contribution in [0.3, 0.4) is 0 Å². The highest BCUT2D eigenvalue weighted by molar-refractivity contribution is 6.31. The fourth-order valence-electron chi connectivity index (χ4n) is 3.47. The van der Waals surface area contributed by atoms with E-state index in [1.54, 1.807) is 42.2 Å². The third kappa shape index (κ3) is 4.29. The lowest BCUT2D eigenvalue weighted by Crippen LogP contribution is -2.30. The number of hydrogen-bond acceptors (Lipinski definition) is 5. The van der Waals surface area contributed by atoms with Gasteiger partial charge in [0.25, 0.3) is 17.8 Å². The molecule has 1 atom stereocenters. The van der Waals surface area contributed by atoms with Gasteiger partial charge in [-0.15, -0.1) is 0 Å². The molecule has 2 heterocycles. The van der Waals surface area contributed by atoms with Crippen LogP contribution in [0.25, 0.3) is 22.0 Å². The minimum Gasteiger partial charge on any atom is -0.495 e. The molecule has 8 nitrogen and oxygen atoms in total. The first-order valence-electron chi connectivity index (χ1n) is 9.69. The summed E-state index contributed by atoms with van der Waals surface area (Å²) in [5.41, 5.74) is 1.16. The SMILES string of the molecule is COc1cn(C(F)C(=O)Nc2ccc3nn(C)cc3c2)c(=O)cc1-c1cc(Cl)ccc1C#N. The number of ether oxygens (including phenoxy) is 1. The third-order valence-electron chi connectivity index (χ3n) is 5.00. The van der Waals surface area contributed by atoms with Crippen molar-refractivity contribution in [3.63, 3.8) is 0 Å². The molecule has 10 heteroatoms. The van der Waals surface area contributed by atoms with Crippen LogP contribution >= 0.6 is 11.6 Å². The van der Waals surface area contributed by atoms with Gasteiger partial charge in [-0.25, -0.2) is 4.39 Å². The summed E-state index contributed by atoms with van der Waals surface area (Å²) in [5, 5.41) is 17.2. The number of halogens is 2. The smallest absolute Gasteiger partial charge is 0.280 e. The number of fused-ring (bicyclic) bond motifs is 1. The maximum Gasteiger partial charge on any atom is 0.280 e. The highest BCUT2D eigenvalue weighted by Gasteiger charge is 2.23. The van der Waals surface area contributed by atoms with Crippen molar-refractivity contribution in [1.82, 2.24) is 14.3 Å². The maximum atomic E-state index is 15.1. The number of pyridine rings is 1. The fraction of sp³-hybridized carbons (Fsp3) is 0.130. The summed E-state index contributed by atoms with van der Waals surface area (Å²) in [4.78, 5) is 25.2. The predicted octanol–water partition coefficient (Wildman–Crippen LogP) is 4.04. The van der Waals surface area contributed by atoms with Crippen LogP contribution in [0, 0.1) is 11.3 Å². The second-order valence-electron chi connectivity index (χ2n) is 7.20. The third-order valence-corrected chi connectivity index (χ3v) is 5.24. The Morgan fingerprint density at radius 2 is 2.00 bits per heavy atom. The predicted molar refractivity (Wildman–Crippen MR) is 122 cm³/mol. The van der Waals surface area contributed by atoms with Gasteiger partial charge in [0.1, 0.15) is 5.75 Å². The van der Waals surface area contributed by atoms with Crippen LogP contribution < -0.4 is 15.6 Å². The number of carbonyl (C=O) groups is 1. The molecule has 166 valence electrons. The molecule has 1 N–H and O–H groups in total. The molecule has 1 amide bonds. The summed E-state index contributed by atoms with van der Waals surface area (Å²) in [5.74, 6) is -0.934. The van der Waals surface area contributed by atoms with Gasteiger partial charge in [-0.3, -0.25) is 18.8 Å². The van der Waals surface area contributed by atoms with Crippen LogP contribution in [0.4, 0.5) is 10.1 Å². The first-order valence-corrected chi connectivity index (χ1v) is 10.1. The minimum absolute atomic E-state index is 0.0978. The number of methoxy groups -OCH3 is 1. The monoisotopic (exact) mass is 465 g/mol. The van der Waals surface area contributed by atoms with E-state index >= 15 is 4.39 Å². The molecule has 1 unspecified atom stereocenters. The van der Waals surface area contributed by atoms with Crippen molar-refractivity contribution in [3.05, 3.63) is 75.8 Å². The molecule has 0 saturated carbocycles. The summed E-state index contributed by atoms with van der Waals surface area (Å²) in [7, 11) is 3.10. The number of hydrogen-bond donors (Lipinski definition) is 1. The minimum atomic E-state index is -2.32. The average Bonchev–Trinajstić information content (AvgIpc) is 3.17. The Morgan fingerprint density at radius 1 is 1.21 bits per heavy atom. The van der Waals surface area contributed by atoms with Gasteiger partial charge in [-0.05, 0) is 36.4 Å². The fourth-order valence-corrected chi connectivity index (χ4v) is 3.64. The molecule has 0 fully saturated rings. The van der Waals surface area contributed by atoms with Crippen LogP contribution in [0.5, 0.6) is 5.75 Å². The Balaban J connectivity index is 1.67. The molecule has 0 radical (unpaired) electrons. The number of nitrogens with zero attached hydrogens (tertiary/aromatic N) is 4. The first kappa shape index (κ1) is 22.0. The maximum absolute atomic E-state index is 15.1. The van der Waals surface area contributed by atoms with Gasteiger partial charge in [0.05, 0.1) is 30.5 Å². The number of carbonyl (C=O) groups excluding carboxylic acids is 1. The van der Waals surface area contributed by atoms with Gasteiger partial charge in [0.2, 0.25) is 0 Å². The number of rotatable bonds is 5. The number of benzene rings is 2. The summed E-state index contributed by atoms with van der Waals surface area (Å²) >= 11 is 6.05. The normalized spacial score (nSPS) is 11.7. The standard InChI is InChI=1S/C23H17ClFN5O3/c1-29-11-14-7-16(5-6-19(14)28-29)27-23(32)22(25)30-12-20(33-2)18(9-21(30)31)17-8-15(24)4-3-13(17)10-26/h3-9,11-12,22H,1-2H3,(H,27,32). The Bertz CT molecular complexity index is 1490. The highest BCUT2D eigenvalue weighted by atomic mass is 35.5. The van der Waals surface area contributed by atoms with Crippen molar-refractivity contribution in [2.24, 2.45) is 7.05 Å². The summed E-state index contributed by atoms with van der Waals surface area (Å²) in [6.07, 6.45) is 0.533. The van der Waals surface area contributed by atoms with Crippen LogP contribution in [0.15, 0.2) is 59.7 Å². The second-order valence-corrected chi connectivity index (χ2v) is 7.64. The number of aromatic nitrogens is 3. The summed E-state index contributed by atoms with van der Waals surface area (Å²) in [6, 6.07) is 12.6. The average molecular weight is 466 g/mol. The highest BCUT2D eigenvalue weighted by Crippen LogP contribution is 2.33. The molecular weight excluding hydrogens is 449 g/mol. The first-order chi connectivity index (χ1) is 15.8. The molecule has 33 heavy (non-hydrogen) atoms. The van der Waals surface area contributed by atoms with E-state index in [0.29, 0.717) is 20.8 Å². The molecule has 2 aromatic heterocycles. The largest absolute Gasteiger partial charge is 0.495 e. The van der Waals surface area contributed by atoms with Crippen molar-refractivity contribution in [2.75, 3.05) is 12.4 Å². The summed E-state index contributed by atoms with van der Waals surface area (Å²) in [6.45, 7) is 0. The van der Waals surface area contributed by atoms with E-state index in [9.17, 15) is 14.9 Å². The molecule has 0 saturated heterocycles. The topological polar surface area (TPSA) is 102 Å². The van der Waals surface area contributed by atoms with E-state index in [2.05, 4.69) is 10.4 Å². The van der Waals surface area contributed by atoms with Gasteiger partial charge >= 0.3 is 0 Å². The van der Waals surface area contributed by atoms with Crippen LogP contribution in [0.1, 0.15) is 11.9 Å². The molecule has 2 aromatic carbocycles. The Hall–Kier alpha value is -4.16. The second kappa shape index (κ2) is 8.76. The van der Waals surface area contributed by atoms with E-state index in [1.165, 1.54) is 19.2 Å². The molecule has 0 bridgehead atoms. The van der Waals surface area contributed by atoms with Crippen molar-refractivity contribution in [1.29, 1.82) is 5.26 Å². The number of nitrogens with one attached hydrogen (secondary N) is 1. The number of anilines is 1. The van der Waals surface area contributed by atoms with Crippen LogP contribution in [-0.2, 0) is 11.8 Å². The summed E-state index contributed by atoms with van der Waals surface area (Å²) < 4.78 is 22.6. The Labute approximate surface area is 192 Å². The van der Waals surface area contributed by atoms with Crippen molar-refractivity contribution >= 4 is 34.1 Å². The van der Waals surface area contributed by atoms with Crippen LogP contribution in [-0.4, -0.2) is 27.4 Å². The van der Waals surface area contributed by atoms with Crippen molar-refractivity contribution in [2.45, 2.75) is 6.30 Å². The van der Waals surface area contributed by atoms with E-state index < -0.39 is 17.8 Å². The molecule has 4 aromatic rings. The molecule has 0 aliphatic heterocycles. The lowest BCUT2D eigenvalue weighted by Gasteiger charge is -2.16. The zero-order valence-corrected chi connectivity index (χ0v) is 18.3. The van der Waals surface area contributed by atoms with Gasteiger partial charge in [-0.2, -0.15) is 10.4 Å². The lowest BCUT2D eigenvalue weighted by atomic mass is 10.0. The van der Waals surface area contributed by atoms with Gasteiger partial charge in [0.15, 0.2) is 0 Å². The van der Waals surface area contributed by atoms with Crippen molar-refractivity contribution in [3.8, 4) is 22.9 Å². The van der Waals surface area contributed by atoms with Gasteiger partial charge in [0, 0.05) is 46.5 Å². The Morgan fingerprint density at radius 3 is 2.73 bits per heavy atom. The van der Waals surface area contributed by atoms with Crippen molar-refractivity contribution < 1.29 is 13.9 Å². The molecule has 0 aliphatic rings. The zero-order chi connectivity index (χ0) is 23.7. The molecule has 4 rings (SSSR count). The van der Waals surface area contributed by atoms with E-state index in [0.717, 1.165) is 23.2 Å². The quantitative estimate of drug-likeness (QED) is 0.479. The van der Waals surface area contributed by atoms with E-state index in [1.807, 2.05) is 6.07 Å². The zero-order valence-electron chi connectivity index (χ0n) is 17.5. The number of aryl methyl sites for hydroxylation is 1. The lowest BCUT2D eigenvalue weighted by molar-refractivity contribution is -0.123. The van der Waals surface area contributed by atoms with Gasteiger partial charge in [-0.1, -0.05) is 11.6 Å². The van der Waals surface area contributed by atoms with E-state index in [-0.39, 0.29) is 16.9 Å². The number of amides is 1. The van der Waals surface area contributed by atoms with E-state index in [4.69, 9.17) is 16.3 Å². The number of nitriles is 1. The molecule has 0 aliphatic carbocycles. The molecule has 0 spiro atoms. The van der Waals surface area contributed by atoms with Gasteiger partial charge < -0.3 is 10.1 Å².